The molecule has 0 heterocycles. The highest BCUT2D eigenvalue weighted by Gasteiger charge is 2.44. The standard InChI is InChI=1S/C11H16N2O2S/c1-16(14,15)9-4-2-8(3-5-9)10(12)11(13)6-7-11/h2-5,10H,6-7,12-13H2,1H3. The summed E-state index contributed by atoms with van der Waals surface area (Å²) in [5, 5.41) is 0. The number of nitrogens with two attached hydrogens (primary N) is 2. The smallest absolute Gasteiger partial charge is 0.175 e. The first-order chi connectivity index (χ1) is 7.33. The van der Waals surface area contributed by atoms with E-state index in [1.54, 1.807) is 24.3 Å². The van der Waals surface area contributed by atoms with Crippen LogP contribution in [0.3, 0.4) is 0 Å². The summed E-state index contributed by atoms with van der Waals surface area (Å²) in [5.74, 6) is 0. The van der Waals surface area contributed by atoms with Gasteiger partial charge in [-0.3, -0.25) is 0 Å². The highest BCUT2D eigenvalue weighted by atomic mass is 32.2. The van der Waals surface area contributed by atoms with Gasteiger partial charge in [-0.15, -0.1) is 0 Å². The Hall–Kier alpha value is -0.910. The van der Waals surface area contributed by atoms with Crippen molar-refractivity contribution in [3.8, 4) is 0 Å². The number of sulfone groups is 1. The van der Waals surface area contributed by atoms with Crippen molar-refractivity contribution in [2.24, 2.45) is 11.5 Å². The molecule has 0 spiro atoms. The third kappa shape index (κ3) is 2.11. The maximum atomic E-state index is 11.3. The summed E-state index contributed by atoms with van der Waals surface area (Å²) in [6, 6.07) is 6.44. The Morgan fingerprint density at radius 1 is 1.25 bits per heavy atom. The Bertz CT molecular complexity index is 489. The minimum atomic E-state index is -3.14. The summed E-state index contributed by atoms with van der Waals surface area (Å²) >= 11 is 0. The van der Waals surface area contributed by atoms with Gasteiger partial charge in [0.15, 0.2) is 9.84 Å². The first-order valence-corrected chi connectivity index (χ1v) is 7.06. The van der Waals surface area contributed by atoms with Crippen LogP contribution in [0.4, 0.5) is 0 Å². The average molecular weight is 240 g/mol. The van der Waals surface area contributed by atoms with Crippen LogP contribution in [0.5, 0.6) is 0 Å². The van der Waals surface area contributed by atoms with Crippen molar-refractivity contribution in [3.05, 3.63) is 29.8 Å². The molecule has 1 aromatic rings. The number of benzene rings is 1. The van der Waals surface area contributed by atoms with Gasteiger partial charge in [0, 0.05) is 17.8 Å². The zero-order valence-electron chi connectivity index (χ0n) is 9.18. The summed E-state index contributed by atoms with van der Waals surface area (Å²) in [4.78, 5) is 0.310. The van der Waals surface area contributed by atoms with Gasteiger partial charge in [0.2, 0.25) is 0 Å². The van der Waals surface area contributed by atoms with Crippen LogP contribution >= 0.6 is 0 Å². The van der Waals surface area contributed by atoms with Crippen LogP contribution in [0.25, 0.3) is 0 Å². The molecular weight excluding hydrogens is 224 g/mol. The molecule has 1 aliphatic rings. The fraction of sp³-hybridized carbons (Fsp3) is 0.455. The fourth-order valence-corrected chi connectivity index (χ4v) is 2.34. The molecule has 2 rings (SSSR count). The molecule has 4 nitrogen and oxygen atoms in total. The molecule has 1 aliphatic carbocycles. The lowest BCUT2D eigenvalue weighted by molar-refractivity contribution is 0.535. The van der Waals surface area contributed by atoms with E-state index in [2.05, 4.69) is 0 Å². The van der Waals surface area contributed by atoms with E-state index in [0.717, 1.165) is 18.4 Å². The molecule has 1 aromatic carbocycles. The first-order valence-electron chi connectivity index (χ1n) is 5.17. The normalized spacial score (nSPS) is 20.4. The Morgan fingerprint density at radius 3 is 2.12 bits per heavy atom. The molecule has 1 saturated carbocycles. The Labute approximate surface area is 95.6 Å². The van der Waals surface area contributed by atoms with Crippen LogP contribution < -0.4 is 11.5 Å². The lowest BCUT2D eigenvalue weighted by Gasteiger charge is -2.19. The second-order valence-electron chi connectivity index (χ2n) is 4.55. The van der Waals surface area contributed by atoms with Gasteiger partial charge < -0.3 is 11.5 Å². The van der Waals surface area contributed by atoms with Crippen molar-refractivity contribution in [1.82, 2.24) is 0 Å². The summed E-state index contributed by atoms with van der Waals surface area (Å²) in [6.07, 6.45) is 3.05. The third-order valence-electron chi connectivity index (χ3n) is 3.11. The van der Waals surface area contributed by atoms with Gasteiger partial charge in [0.1, 0.15) is 0 Å². The lowest BCUT2D eigenvalue weighted by atomic mass is 9.99. The molecule has 0 radical (unpaired) electrons. The van der Waals surface area contributed by atoms with E-state index in [1.165, 1.54) is 6.26 Å². The largest absolute Gasteiger partial charge is 0.323 e. The van der Waals surface area contributed by atoms with Gasteiger partial charge in [-0.05, 0) is 30.5 Å². The van der Waals surface area contributed by atoms with Gasteiger partial charge in [0.25, 0.3) is 0 Å². The number of hydrogen-bond acceptors (Lipinski definition) is 4. The molecule has 1 fully saturated rings. The van der Waals surface area contributed by atoms with Crippen LogP contribution in [0.15, 0.2) is 29.2 Å². The predicted octanol–water partition coefficient (Wildman–Crippen LogP) is 0.581. The van der Waals surface area contributed by atoms with E-state index in [-0.39, 0.29) is 11.6 Å². The highest BCUT2D eigenvalue weighted by Crippen LogP contribution is 2.42. The van der Waals surface area contributed by atoms with E-state index in [1.807, 2.05) is 0 Å². The Kier molecular flexibility index (Phi) is 2.57. The monoisotopic (exact) mass is 240 g/mol. The van der Waals surface area contributed by atoms with Crippen LogP contribution in [0.2, 0.25) is 0 Å². The van der Waals surface area contributed by atoms with Gasteiger partial charge in [-0.2, -0.15) is 0 Å². The molecule has 0 aliphatic heterocycles. The molecule has 1 atom stereocenters. The quantitative estimate of drug-likeness (QED) is 0.809. The molecule has 0 aromatic heterocycles. The van der Waals surface area contributed by atoms with E-state index < -0.39 is 9.84 Å². The molecule has 0 amide bonds. The van der Waals surface area contributed by atoms with Gasteiger partial charge in [-0.25, -0.2) is 8.42 Å². The SMILES string of the molecule is CS(=O)(=O)c1ccc(C(N)C2(N)CC2)cc1. The summed E-state index contributed by atoms with van der Waals surface area (Å²) in [6.45, 7) is 0. The van der Waals surface area contributed by atoms with Crippen LogP contribution in [-0.4, -0.2) is 20.2 Å². The molecule has 16 heavy (non-hydrogen) atoms. The van der Waals surface area contributed by atoms with Crippen molar-refractivity contribution in [1.29, 1.82) is 0 Å². The first kappa shape index (κ1) is 11.6. The highest BCUT2D eigenvalue weighted by molar-refractivity contribution is 7.90. The maximum Gasteiger partial charge on any atom is 0.175 e. The van der Waals surface area contributed by atoms with E-state index >= 15 is 0 Å². The van der Waals surface area contributed by atoms with Crippen LogP contribution in [0, 0.1) is 0 Å². The topological polar surface area (TPSA) is 86.2 Å². The molecule has 88 valence electrons. The van der Waals surface area contributed by atoms with E-state index in [4.69, 9.17) is 11.5 Å². The van der Waals surface area contributed by atoms with Gasteiger partial charge in [0.05, 0.1) is 4.90 Å². The van der Waals surface area contributed by atoms with Gasteiger partial charge >= 0.3 is 0 Å². The van der Waals surface area contributed by atoms with Crippen molar-refractivity contribution in [2.45, 2.75) is 29.3 Å². The molecule has 4 N–H and O–H groups in total. The van der Waals surface area contributed by atoms with E-state index in [0.29, 0.717) is 4.90 Å². The summed E-state index contributed by atoms with van der Waals surface area (Å²) < 4.78 is 22.5. The fourth-order valence-electron chi connectivity index (χ4n) is 1.71. The van der Waals surface area contributed by atoms with E-state index in [9.17, 15) is 8.42 Å². The molecule has 0 saturated heterocycles. The summed E-state index contributed by atoms with van der Waals surface area (Å²) in [5.41, 5.74) is 12.6. The van der Waals surface area contributed by atoms with Crippen molar-refractivity contribution in [2.75, 3.05) is 6.26 Å². The average Bonchev–Trinajstić information content (AvgIpc) is 2.96. The zero-order chi connectivity index (χ0) is 12.0. The second kappa shape index (κ2) is 3.55. The van der Waals surface area contributed by atoms with Crippen molar-refractivity contribution < 1.29 is 8.42 Å². The minimum Gasteiger partial charge on any atom is -0.323 e. The molecule has 1 unspecified atom stereocenters. The predicted molar refractivity (Wildman–Crippen MR) is 62.6 cm³/mol. The molecular formula is C11H16N2O2S. The summed E-state index contributed by atoms with van der Waals surface area (Å²) in [7, 11) is -3.14. The second-order valence-corrected chi connectivity index (χ2v) is 6.57. The van der Waals surface area contributed by atoms with Gasteiger partial charge in [-0.1, -0.05) is 12.1 Å². The number of hydrogen-bond donors (Lipinski definition) is 2. The molecule has 5 heteroatoms. The van der Waals surface area contributed by atoms with Crippen molar-refractivity contribution in [3.63, 3.8) is 0 Å². The Morgan fingerprint density at radius 2 is 1.75 bits per heavy atom. The minimum absolute atomic E-state index is 0.207. The van der Waals surface area contributed by atoms with Crippen LogP contribution in [0.1, 0.15) is 24.4 Å². The van der Waals surface area contributed by atoms with Crippen LogP contribution in [-0.2, 0) is 9.84 Å². The zero-order valence-corrected chi connectivity index (χ0v) is 10.00. The maximum absolute atomic E-state index is 11.3. The van der Waals surface area contributed by atoms with Crippen molar-refractivity contribution >= 4 is 9.84 Å². The number of rotatable bonds is 3. The molecule has 0 bridgehead atoms. The lowest BCUT2D eigenvalue weighted by Crippen LogP contribution is -2.36. The Balaban J connectivity index is 2.26. The third-order valence-corrected chi connectivity index (χ3v) is 4.24.